The zero-order chi connectivity index (χ0) is 18.1. The van der Waals surface area contributed by atoms with Gasteiger partial charge in [-0.15, -0.1) is 0 Å². The predicted molar refractivity (Wildman–Crippen MR) is 114 cm³/mol. The zero-order valence-electron chi connectivity index (χ0n) is 15.7. The van der Waals surface area contributed by atoms with E-state index in [-0.39, 0.29) is 0 Å². The summed E-state index contributed by atoms with van der Waals surface area (Å²) in [5.74, 6) is 0. The van der Waals surface area contributed by atoms with E-state index in [1.165, 1.54) is 70.5 Å². The smallest absolute Gasteiger partial charge is 0.0703 e. The van der Waals surface area contributed by atoms with E-state index in [4.69, 9.17) is 4.98 Å². The highest BCUT2D eigenvalue weighted by Gasteiger charge is 2.26. The van der Waals surface area contributed by atoms with Gasteiger partial charge >= 0.3 is 0 Å². The van der Waals surface area contributed by atoms with Gasteiger partial charge in [0.2, 0.25) is 0 Å². The van der Waals surface area contributed by atoms with Crippen LogP contribution in [0.5, 0.6) is 0 Å². The summed E-state index contributed by atoms with van der Waals surface area (Å²) in [5.41, 5.74) is 11.2. The maximum atomic E-state index is 5.25. The number of pyridine rings is 1. The number of hydrogen-bond acceptors (Lipinski definition) is 1. The van der Waals surface area contributed by atoms with E-state index in [0.29, 0.717) is 0 Å². The summed E-state index contributed by atoms with van der Waals surface area (Å²) in [6.07, 6.45) is 10.7. The van der Waals surface area contributed by atoms with E-state index < -0.39 is 0 Å². The van der Waals surface area contributed by atoms with Crippen LogP contribution in [0.25, 0.3) is 22.8 Å². The minimum Gasteiger partial charge on any atom is -0.253 e. The van der Waals surface area contributed by atoms with Crippen LogP contribution in [0, 0.1) is 0 Å². The average molecular weight is 351 g/mol. The van der Waals surface area contributed by atoms with Crippen molar-refractivity contribution in [2.75, 3.05) is 0 Å². The molecule has 1 aromatic heterocycles. The van der Waals surface area contributed by atoms with Crippen LogP contribution in [-0.2, 0) is 19.3 Å². The van der Waals surface area contributed by atoms with Crippen LogP contribution >= 0.6 is 0 Å². The van der Waals surface area contributed by atoms with E-state index in [2.05, 4.69) is 66.7 Å². The number of hydrogen-bond donors (Lipinski definition) is 0. The Kier molecular flexibility index (Phi) is 4.37. The number of aromatic nitrogens is 1. The normalized spacial score (nSPS) is 17.4. The minimum absolute atomic E-state index is 1.13. The van der Waals surface area contributed by atoms with Crippen LogP contribution in [0.1, 0.15) is 53.8 Å². The molecular formula is C26H25N. The fourth-order valence-electron chi connectivity index (χ4n) is 4.71. The zero-order valence-corrected chi connectivity index (χ0v) is 15.7. The number of benzene rings is 2. The fraction of sp³-hybridized carbons (Fsp3) is 0.269. The second-order valence-corrected chi connectivity index (χ2v) is 7.75. The maximum Gasteiger partial charge on any atom is 0.0703 e. The van der Waals surface area contributed by atoms with Gasteiger partial charge < -0.3 is 0 Å². The first-order chi connectivity index (χ1) is 13.4. The van der Waals surface area contributed by atoms with Crippen LogP contribution in [0.2, 0.25) is 0 Å². The first kappa shape index (κ1) is 16.5. The van der Waals surface area contributed by atoms with Crippen molar-refractivity contribution in [3.8, 4) is 11.1 Å². The molecule has 3 aromatic rings. The van der Waals surface area contributed by atoms with E-state index in [0.717, 1.165) is 19.3 Å². The van der Waals surface area contributed by atoms with Gasteiger partial charge in [-0.3, -0.25) is 4.98 Å². The molecule has 1 nitrogen and oxygen atoms in total. The number of fused-ring (bicyclic) bond motifs is 2. The summed E-state index contributed by atoms with van der Waals surface area (Å²) >= 11 is 0. The van der Waals surface area contributed by atoms with Crippen molar-refractivity contribution in [1.82, 2.24) is 4.98 Å². The van der Waals surface area contributed by atoms with E-state index in [1.54, 1.807) is 0 Å². The molecule has 0 aliphatic heterocycles. The molecule has 1 heteroatoms. The molecule has 0 spiro atoms. The number of rotatable bonds is 2. The number of aryl methyl sites for hydroxylation is 1. The first-order valence-electron chi connectivity index (χ1n) is 10.3. The van der Waals surface area contributed by atoms with Crippen molar-refractivity contribution in [2.45, 2.75) is 44.9 Å². The molecule has 0 atom stereocenters. The lowest BCUT2D eigenvalue weighted by Gasteiger charge is -2.28. The van der Waals surface area contributed by atoms with E-state index in [9.17, 15) is 0 Å². The predicted octanol–water partition coefficient (Wildman–Crippen LogP) is 6.50. The van der Waals surface area contributed by atoms with Gasteiger partial charge in [-0.25, -0.2) is 0 Å². The summed E-state index contributed by atoms with van der Waals surface area (Å²) in [4.78, 5) is 5.25. The molecule has 2 aliphatic rings. The van der Waals surface area contributed by atoms with Gasteiger partial charge in [0, 0.05) is 5.69 Å². The number of nitrogens with zero attached hydrogens (tertiary/aromatic N) is 1. The highest BCUT2D eigenvalue weighted by Crippen LogP contribution is 2.41. The molecule has 2 aromatic carbocycles. The summed E-state index contributed by atoms with van der Waals surface area (Å²) in [7, 11) is 0. The molecule has 0 fully saturated rings. The molecule has 0 radical (unpaired) electrons. The molecule has 0 unspecified atom stereocenters. The lowest BCUT2D eigenvalue weighted by atomic mass is 9.80. The van der Waals surface area contributed by atoms with Crippen molar-refractivity contribution in [1.29, 1.82) is 0 Å². The second-order valence-electron chi connectivity index (χ2n) is 7.75. The molecular weight excluding hydrogens is 326 g/mol. The fourth-order valence-corrected chi connectivity index (χ4v) is 4.71. The van der Waals surface area contributed by atoms with Crippen LogP contribution in [0.4, 0.5) is 0 Å². The molecule has 5 rings (SSSR count). The van der Waals surface area contributed by atoms with Crippen molar-refractivity contribution < 1.29 is 0 Å². The van der Waals surface area contributed by atoms with Gasteiger partial charge in [0.25, 0.3) is 0 Å². The standard InChI is InChI=1S/C26H25N/c1-3-10-19(11-4-1)18-21-14-9-16-23-25(20-12-5-2-6-13-20)22-15-7-8-17-24(22)27-26(21)23/h1-6,10-13,18H,7-9,14-17H2/b21-18+. The molecule has 0 amide bonds. The summed E-state index contributed by atoms with van der Waals surface area (Å²) < 4.78 is 0. The third-order valence-corrected chi connectivity index (χ3v) is 5.95. The van der Waals surface area contributed by atoms with Crippen LogP contribution in [0.15, 0.2) is 60.7 Å². The lowest BCUT2D eigenvalue weighted by molar-refractivity contribution is 0.662. The van der Waals surface area contributed by atoms with Crippen LogP contribution in [-0.4, -0.2) is 4.98 Å². The van der Waals surface area contributed by atoms with Crippen molar-refractivity contribution >= 4 is 11.6 Å². The summed E-state index contributed by atoms with van der Waals surface area (Å²) in [5, 5.41) is 0. The molecule has 1 heterocycles. The van der Waals surface area contributed by atoms with Crippen LogP contribution in [0.3, 0.4) is 0 Å². The monoisotopic (exact) mass is 351 g/mol. The Balaban J connectivity index is 1.73. The SMILES string of the molecule is C(=C1/CCCc2c1nc1c(c2-c2ccccc2)CCCC1)/c1ccccc1. The van der Waals surface area contributed by atoms with Crippen molar-refractivity contribution in [3.63, 3.8) is 0 Å². The summed E-state index contributed by atoms with van der Waals surface area (Å²) in [6, 6.07) is 21.7. The van der Waals surface area contributed by atoms with Gasteiger partial charge in [0.1, 0.15) is 0 Å². The minimum atomic E-state index is 1.13. The molecule has 0 saturated carbocycles. The maximum absolute atomic E-state index is 5.25. The Morgan fingerprint density at radius 1 is 0.667 bits per heavy atom. The summed E-state index contributed by atoms with van der Waals surface area (Å²) in [6.45, 7) is 0. The topological polar surface area (TPSA) is 12.9 Å². The molecule has 0 bridgehead atoms. The van der Waals surface area contributed by atoms with Gasteiger partial charge in [0.05, 0.1) is 5.69 Å². The van der Waals surface area contributed by atoms with Gasteiger partial charge in [-0.1, -0.05) is 60.7 Å². The largest absolute Gasteiger partial charge is 0.253 e. The quantitative estimate of drug-likeness (QED) is 0.513. The van der Waals surface area contributed by atoms with Crippen molar-refractivity contribution in [3.05, 3.63) is 88.7 Å². The van der Waals surface area contributed by atoms with Crippen molar-refractivity contribution in [2.24, 2.45) is 0 Å². The Hall–Kier alpha value is -2.67. The van der Waals surface area contributed by atoms with Gasteiger partial charge in [0.15, 0.2) is 0 Å². The third-order valence-electron chi connectivity index (χ3n) is 5.95. The van der Waals surface area contributed by atoms with Gasteiger partial charge in [-0.2, -0.15) is 0 Å². The highest BCUT2D eigenvalue weighted by atomic mass is 14.7. The molecule has 0 saturated heterocycles. The Labute approximate surface area is 161 Å². The third kappa shape index (κ3) is 3.12. The van der Waals surface area contributed by atoms with Gasteiger partial charge in [-0.05, 0) is 84.4 Å². The molecule has 27 heavy (non-hydrogen) atoms. The molecule has 134 valence electrons. The first-order valence-corrected chi connectivity index (χ1v) is 10.3. The van der Waals surface area contributed by atoms with E-state index in [1.807, 2.05) is 0 Å². The molecule has 0 N–H and O–H groups in total. The second kappa shape index (κ2) is 7.15. The highest BCUT2D eigenvalue weighted by molar-refractivity contribution is 5.86. The molecule has 2 aliphatic carbocycles. The Morgan fingerprint density at radius 3 is 2.19 bits per heavy atom. The average Bonchev–Trinajstić information content (AvgIpc) is 2.74. The Morgan fingerprint density at radius 2 is 1.37 bits per heavy atom. The lowest BCUT2D eigenvalue weighted by Crippen LogP contribution is -2.15. The number of allylic oxidation sites excluding steroid dienone is 1. The van der Waals surface area contributed by atoms with Crippen LogP contribution < -0.4 is 0 Å². The Bertz CT molecular complexity index is 984. The van der Waals surface area contributed by atoms with E-state index >= 15 is 0 Å².